The van der Waals surface area contributed by atoms with Crippen molar-refractivity contribution in [3.63, 3.8) is 0 Å². The lowest BCUT2D eigenvalue weighted by molar-refractivity contribution is -0.114. The van der Waals surface area contributed by atoms with Gasteiger partial charge in [0, 0.05) is 12.8 Å². The van der Waals surface area contributed by atoms with E-state index in [9.17, 15) is 15.2 Å². The molecule has 3 heteroatoms. The number of carbonyl (C=O) groups excluding carboxylic acids is 1. The monoisotopic (exact) mass is 337 g/mol. The number of rotatable bonds is 3. The highest BCUT2D eigenvalue weighted by atomic mass is 16.3. The van der Waals surface area contributed by atoms with Crippen molar-refractivity contribution in [2.75, 3.05) is 0 Å². The Morgan fingerprint density at radius 3 is 2.96 bits per heavy atom. The van der Waals surface area contributed by atoms with E-state index in [0.717, 1.165) is 32.1 Å². The number of nitrogens with zero attached hydrogens (tertiary/aromatic N) is 1. The summed E-state index contributed by atoms with van der Waals surface area (Å²) in [4.78, 5) is 11.7. The minimum Gasteiger partial charge on any atom is -0.393 e. The van der Waals surface area contributed by atoms with Crippen molar-refractivity contribution >= 4 is 5.78 Å². The molecular weight excluding hydrogens is 310 g/mol. The van der Waals surface area contributed by atoms with Gasteiger partial charge in [0.2, 0.25) is 0 Å². The Labute approximate surface area is 150 Å². The SMILES string of the molecule is CC(O)CC1C[C@@H]2[C@H](C=CC3=C4CCC(=O)C=C4CC[C@H]32)[C@@H]1CC#N. The Morgan fingerprint density at radius 1 is 1.36 bits per heavy atom. The molecule has 0 aliphatic heterocycles. The minimum absolute atomic E-state index is 0.280. The molecule has 25 heavy (non-hydrogen) atoms. The number of ketones is 1. The van der Waals surface area contributed by atoms with Crippen LogP contribution >= 0.6 is 0 Å². The molecule has 4 rings (SSSR count). The predicted octanol–water partition coefficient (Wildman–Crippen LogP) is 4.11. The molecule has 4 aliphatic rings. The van der Waals surface area contributed by atoms with Crippen LogP contribution in [-0.2, 0) is 4.79 Å². The van der Waals surface area contributed by atoms with Gasteiger partial charge < -0.3 is 5.11 Å². The van der Waals surface area contributed by atoms with Gasteiger partial charge in [-0.1, -0.05) is 12.2 Å². The summed E-state index contributed by atoms with van der Waals surface area (Å²) in [7, 11) is 0. The summed E-state index contributed by atoms with van der Waals surface area (Å²) in [5.41, 5.74) is 4.18. The fourth-order valence-electron chi connectivity index (χ4n) is 6.04. The summed E-state index contributed by atoms with van der Waals surface area (Å²) >= 11 is 0. The van der Waals surface area contributed by atoms with Crippen molar-refractivity contribution in [1.29, 1.82) is 5.26 Å². The van der Waals surface area contributed by atoms with E-state index in [2.05, 4.69) is 18.2 Å². The average Bonchev–Trinajstić information content (AvgIpc) is 2.91. The first-order valence-electron chi connectivity index (χ1n) is 9.78. The van der Waals surface area contributed by atoms with Crippen LogP contribution in [0.1, 0.15) is 51.9 Å². The first kappa shape index (κ1) is 16.8. The highest BCUT2D eigenvalue weighted by Crippen LogP contribution is 2.56. The number of aliphatic hydroxyl groups excluding tert-OH is 1. The highest BCUT2D eigenvalue weighted by Gasteiger charge is 2.48. The number of aliphatic hydroxyl groups is 1. The summed E-state index contributed by atoms with van der Waals surface area (Å²) in [6, 6.07) is 2.39. The topological polar surface area (TPSA) is 61.1 Å². The second-order valence-corrected chi connectivity index (χ2v) is 8.42. The number of fused-ring (bicyclic) bond motifs is 4. The molecule has 0 heterocycles. The predicted molar refractivity (Wildman–Crippen MR) is 96.3 cm³/mol. The van der Waals surface area contributed by atoms with Gasteiger partial charge in [-0.15, -0.1) is 0 Å². The molecule has 4 aliphatic carbocycles. The lowest BCUT2D eigenvalue weighted by Crippen LogP contribution is -2.29. The van der Waals surface area contributed by atoms with E-state index in [-0.39, 0.29) is 11.9 Å². The normalized spacial score (nSPS) is 37.7. The van der Waals surface area contributed by atoms with Crippen molar-refractivity contribution in [3.8, 4) is 6.07 Å². The number of allylic oxidation sites excluding steroid dienone is 6. The van der Waals surface area contributed by atoms with Crippen LogP contribution < -0.4 is 0 Å². The first-order valence-corrected chi connectivity index (χ1v) is 9.78. The summed E-state index contributed by atoms with van der Waals surface area (Å²) in [5.74, 6) is 2.78. The van der Waals surface area contributed by atoms with E-state index in [1.54, 1.807) is 0 Å². The Hall–Kier alpha value is -1.66. The number of hydrogen-bond acceptors (Lipinski definition) is 3. The molecule has 6 atom stereocenters. The summed E-state index contributed by atoms with van der Waals surface area (Å²) < 4.78 is 0. The van der Waals surface area contributed by atoms with E-state index in [1.807, 2.05) is 13.0 Å². The summed E-state index contributed by atoms with van der Waals surface area (Å²) in [6.07, 6.45) is 12.5. The van der Waals surface area contributed by atoms with Crippen LogP contribution in [0, 0.1) is 40.9 Å². The van der Waals surface area contributed by atoms with Crippen molar-refractivity contribution in [3.05, 3.63) is 34.9 Å². The molecule has 1 saturated carbocycles. The smallest absolute Gasteiger partial charge is 0.156 e. The van der Waals surface area contributed by atoms with Gasteiger partial charge in [0.15, 0.2) is 5.78 Å². The van der Waals surface area contributed by atoms with Gasteiger partial charge >= 0.3 is 0 Å². The molecule has 0 aromatic carbocycles. The van der Waals surface area contributed by atoms with Crippen LogP contribution in [0.3, 0.4) is 0 Å². The van der Waals surface area contributed by atoms with Gasteiger partial charge in [0.1, 0.15) is 0 Å². The fraction of sp³-hybridized carbons (Fsp3) is 0.636. The maximum Gasteiger partial charge on any atom is 0.156 e. The first-order chi connectivity index (χ1) is 12.1. The Kier molecular flexibility index (Phi) is 4.41. The third-order valence-electron chi connectivity index (χ3n) is 6.97. The number of hydrogen-bond donors (Lipinski definition) is 1. The quantitative estimate of drug-likeness (QED) is 0.843. The maximum absolute atomic E-state index is 11.7. The lowest BCUT2D eigenvalue weighted by atomic mass is 9.65. The summed E-state index contributed by atoms with van der Waals surface area (Å²) in [6.45, 7) is 1.87. The molecule has 1 fully saturated rings. The lowest BCUT2D eigenvalue weighted by Gasteiger charge is -2.39. The average molecular weight is 337 g/mol. The van der Waals surface area contributed by atoms with Gasteiger partial charge in [-0.25, -0.2) is 0 Å². The molecule has 3 nitrogen and oxygen atoms in total. The van der Waals surface area contributed by atoms with Crippen LogP contribution in [0.15, 0.2) is 34.9 Å². The third-order valence-corrected chi connectivity index (χ3v) is 6.97. The highest BCUT2D eigenvalue weighted by molar-refractivity contribution is 5.93. The molecule has 0 aromatic heterocycles. The number of nitriles is 1. The zero-order chi connectivity index (χ0) is 17.6. The molecule has 2 unspecified atom stereocenters. The van der Waals surface area contributed by atoms with Crippen molar-refractivity contribution in [1.82, 2.24) is 0 Å². The molecule has 0 radical (unpaired) electrons. The largest absolute Gasteiger partial charge is 0.393 e. The Morgan fingerprint density at radius 2 is 2.20 bits per heavy atom. The molecule has 0 aromatic rings. The van der Waals surface area contributed by atoms with Crippen molar-refractivity contribution in [2.24, 2.45) is 29.6 Å². The van der Waals surface area contributed by atoms with Gasteiger partial charge in [0.25, 0.3) is 0 Å². The molecule has 132 valence electrons. The molecule has 0 spiro atoms. The van der Waals surface area contributed by atoms with Crippen LogP contribution in [0.25, 0.3) is 0 Å². The van der Waals surface area contributed by atoms with Crippen LogP contribution in [0.2, 0.25) is 0 Å². The molecule has 1 N–H and O–H groups in total. The maximum atomic E-state index is 11.7. The second-order valence-electron chi connectivity index (χ2n) is 8.42. The zero-order valence-electron chi connectivity index (χ0n) is 14.9. The third kappa shape index (κ3) is 2.91. The second kappa shape index (κ2) is 6.57. The molecule has 0 saturated heterocycles. The van der Waals surface area contributed by atoms with E-state index in [0.29, 0.717) is 42.4 Å². The van der Waals surface area contributed by atoms with Gasteiger partial charge in [0.05, 0.1) is 12.2 Å². The van der Waals surface area contributed by atoms with E-state index in [1.165, 1.54) is 16.7 Å². The van der Waals surface area contributed by atoms with Crippen LogP contribution in [-0.4, -0.2) is 17.0 Å². The Balaban J connectivity index is 1.67. The van der Waals surface area contributed by atoms with Gasteiger partial charge in [-0.3, -0.25) is 4.79 Å². The summed E-state index contributed by atoms with van der Waals surface area (Å²) in [5, 5.41) is 19.2. The fourth-order valence-corrected chi connectivity index (χ4v) is 6.04. The Bertz CT molecular complexity index is 706. The van der Waals surface area contributed by atoms with Crippen LogP contribution in [0.5, 0.6) is 0 Å². The minimum atomic E-state index is -0.293. The van der Waals surface area contributed by atoms with E-state index >= 15 is 0 Å². The van der Waals surface area contributed by atoms with E-state index < -0.39 is 0 Å². The standard InChI is InChI=1S/C22H27NO2/c1-13(24)10-15-12-22-20(18(15)8-9-23)7-6-19-17-5-3-16(25)11-14(17)2-4-21(19)22/h6-7,11,13,15,18,20-22,24H,2-5,8,10,12H2,1H3/t13?,15?,18-,20-,21-,22-/m1/s1. The molecule has 0 amide bonds. The van der Waals surface area contributed by atoms with Crippen molar-refractivity contribution < 1.29 is 9.90 Å². The van der Waals surface area contributed by atoms with Crippen molar-refractivity contribution in [2.45, 2.75) is 58.0 Å². The molecular formula is C22H27NO2. The van der Waals surface area contributed by atoms with Gasteiger partial charge in [-0.2, -0.15) is 5.26 Å². The van der Waals surface area contributed by atoms with Crippen LogP contribution in [0.4, 0.5) is 0 Å². The number of carbonyl (C=O) groups is 1. The van der Waals surface area contributed by atoms with E-state index in [4.69, 9.17) is 0 Å². The zero-order valence-corrected chi connectivity index (χ0v) is 14.9. The molecule has 0 bridgehead atoms. The van der Waals surface area contributed by atoms with Gasteiger partial charge in [-0.05, 0) is 91.4 Å².